The quantitative estimate of drug-likeness (QED) is 0.725. The molecular weight excluding hydrogens is 272 g/mol. The Balaban J connectivity index is 1.58. The minimum atomic E-state index is -0.256. The highest BCUT2D eigenvalue weighted by Crippen LogP contribution is 2.14. The highest BCUT2D eigenvalue weighted by atomic mass is 16.5. The van der Waals surface area contributed by atoms with Gasteiger partial charge in [-0.15, -0.1) is 0 Å². The molecule has 2 N–H and O–H groups in total. The van der Waals surface area contributed by atoms with Gasteiger partial charge in [-0.1, -0.05) is 5.16 Å². The van der Waals surface area contributed by atoms with Crippen LogP contribution in [0.1, 0.15) is 44.3 Å². The first-order valence-corrected chi connectivity index (χ1v) is 7.62. The van der Waals surface area contributed by atoms with Crippen LogP contribution in [-0.2, 0) is 17.8 Å². The third kappa shape index (κ3) is 5.09. The number of rotatable bonds is 8. The predicted molar refractivity (Wildman–Crippen MR) is 76.4 cm³/mol. The van der Waals surface area contributed by atoms with Gasteiger partial charge in [0.05, 0.1) is 0 Å². The molecule has 1 aromatic rings. The molecule has 1 aromatic heterocycles. The van der Waals surface area contributed by atoms with Gasteiger partial charge < -0.3 is 19.8 Å². The van der Waals surface area contributed by atoms with E-state index in [4.69, 9.17) is 9.63 Å². The Bertz CT molecular complexity index is 443. The molecule has 1 amide bonds. The number of aliphatic hydroxyl groups excluding tert-OH is 1. The lowest BCUT2D eigenvalue weighted by Gasteiger charge is -2.23. The Labute approximate surface area is 124 Å². The molecule has 7 nitrogen and oxygen atoms in total. The summed E-state index contributed by atoms with van der Waals surface area (Å²) in [4.78, 5) is 18.2. The summed E-state index contributed by atoms with van der Waals surface area (Å²) < 4.78 is 4.78. The third-order valence-electron chi connectivity index (χ3n) is 3.87. The number of hydrogen-bond acceptors (Lipinski definition) is 6. The molecule has 0 radical (unpaired) electrons. The summed E-state index contributed by atoms with van der Waals surface area (Å²) in [6, 6.07) is 0.475. The van der Waals surface area contributed by atoms with Crippen molar-refractivity contribution in [3.63, 3.8) is 0 Å². The van der Waals surface area contributed by atoms with Crippen molar-refractivity contribution in [3.05, 3.63) is 11.7 Å². The van der Waals surface area contributed by atoms with E-state index >= 15 is 0 Å². The maximum atomic E-state index is 11.8. The fraction of sp³-hybridized carbons (Fsp3) is 0.786. The normalized spacial score (nSPS) is 17.0. The molecule has 1 saturated heterocycles. The van der Waals surface area contributed by atoms with E-state index < -0.39 is 0 Å². The minimum absolute atomic E-state index is 0.0620. The maximum absolute atomic E-state index is 11.8. The number of amides is 1. The maximum Gasteiger partial charge on any atom is 0.252 e. The third-order valence-corrected chi connectivity index (χ3v) is 3.87. The van der Waals surface area contributed by atoms with Crippen LogP contribution in [-0.4, -0.2) is 51.7 Å². The fourth-order valence-corrected chi connectivity index (χ4v) is 2.56. The molecule has 2 heterocycles. The molecule has 1 aliphatic rings. The van der Waals surface area contributed by atoms with E-state index in [1.807, 2.05) is 0 Å². The van der Waals surface area contributed by atoms with Gasteiger partial charge in [0, 0.05) is 25.4 Å². The van der Waals surface area contributed by atoms with Crippen LogP contribution in [0.2, 0.25) is 0 Å². The molecule has 1 fully saturated rings. The zero-order valence-corrected chi connectivity index (χ0v) is 12.5. The van der Waals surface area contributed by atoms with E-state index in [9.17, 15) is 4.79 Å². The smallest absolute Gasteiger partial charge is 0.252 e. The molecule has 0 bridgehead atoms. The average molecular weight is 296 g/mol. The number of aromatic nitrogens is 2. The molecule has 118 valence electrons. The molecule has 0 saturated carbocycles. The second-order valence-electron chi connectivity index (χ2n) is 5.49. The molecule has 2 rings (SSSR count). The molecule has 0 unspecified atom stereocenters. The lowest BCUT2D eigenvalue weighted by atomic mass is 10.1. The van der Waals surface area contributed by atoms with Crippen LogP contribution in [0, 0.1) is 0 Å². The Morgan fingerprint density at radius 3 is 2.90 bits per heavy atom. The lowest BCUT2D eigenvalue weighted by Crippen LogP contribution is -2.32. The van der Waals surface area contributed by atoms with Gasteiger partial charge in [0.25, 0.3) is 5.89 Å². The second-order valence-corrected chi connectivity index (χ2v) is 5.49. The first-order valence-electron chi connectivity index (χ1n) is 7.62. The Morgan fingerprint density at radius 2 is 2.24 bits per heavy atom. The van der Waals surface area contributed by atoms with Crippen molar-refractivity contribution in [1.29, 1.82) is 0 Å². The van der Waals surface area contributed by atoms with Gasteiger partial charge in [0.1, 0.15) is 6.61 Å². The van der Waals surface area contributed by atoms with E-state index in [2.05, 4.69) is 27.3 Å². The predicted octanol–water partition coefficient (Wildman–Crippen LogP) is 0.485. The van der Waals surface area contributed by atoms with Gasteiger partial charge in [0.15, 0.2) is 5.82 Å². The zero-order chi connectivity index (χ0) is 15.1. The van der Waals surface area contributed by atoms with Crippen molar-refractivity contribution in [2.45, 2.75) is 51.7 Å². The van der Waals surface area contributed by atoms with E-state index in [1.165, 1.54) is 12.8 Å². The summed E-state index contributed by atoms with van der Waals surface area (Å²) in [5.41, 5.74) is 0. The van der Waals surface area contributed by atoms with Crippen LogP contribution in [0.5, 0.6) is 0 Å². The van der Waals surface area contributed by atoms with Gasteiger partial charge in [-0.2, -0.15) is 4.98 Å². The first-order chi connectivity index (χ1) is 10.2. The topological polar surface area (TPSA) is 91.5 Å². The van der Waals surface area contributed by atoms with E-state index in [0.29, 0.717) is 31.3 Å². The van der Waals surface area contributed by atoms with Gasteiger partial charge in [-0.05, 0) is 39.3 Å². The first kappa shape index (κ1) is 15.9. The molecule has 0 spiro atoms. The lowest BCUT2D eigenvalue weighted by molar-refractivity contribution is -0.121. The highest BCUT2D eigenvalue weighted by Gasteiger charge is 2.18. The van der Waals surface area contributed by atoms with Crippen molar-refractivity contribution in [3.8, 4) is 0 Å². The summed E-state index contributed by atoms with van der Waals surface area (Å²) in [5, 5.41) is 15.4. The monoisotopic (exact) mass is 296 g/mol. The summed E-state index contributed by atoms with van der Waals surface area (Å²) in [6.07, 6.45) is 4.50. The molecule has 1 atom stereocenters. The van der Waals surface area contributed by atoms with Crippen LogP contribution in [0.3, 0.4) is 0 Å². The number of hydrogen-bond donors (Lipinski definition) is 2. The fourth-order valence-electron chi connectivity index (χ4n) is 2.56. The highest BCUT2D eigenvalue weighted by molar-refractivity contribution is 5.75. The average Bonchev–Trinajstić information content (AvgIpc) is 3.16. The number of carbonyl (C=O) groups is 1. The Morgan fingerprint density at radius 1 is 1.48 bits per heavy atom. The van der Waals surface area contributed by atoms with Gasteiger partial charge in [-0.3, -0.25) is 4.79 Å². The molecular formula is C14H24N4O3. The Kier molecular flexibility index (Phi) is 6.13. The summed E-state index contributed by atoms with van der Waals surface area (Å²) in [7, 11) is 0. The summed E-state index contributed by atoms with van der Waals surface area (Å²) in [5.74, 6) is 0.771. The summed E-state index contributed by atoms with van der Waals surface area (Å²) >= 11 is 0. The van der Waals surface area contributed by atoms with E-state index in [1.54, 1.807) is 0 Å². The van der Waals surface area contributed by atoms with Crippen LogP contribution in [0.25, 0.3) is 0 Å². The second kappa shape index (κ2) is 8.09. The summed E-state index contributed by atoms with van der Waals surface area (Å²) in [6.45, 7) is 4.74. The van der Waals surface area contributed by atoms with Crippen LogP contribution in [0.15, 0.2) is 4.52 Å². The van der Waals surface area contributed by atoms with Crippen LogP contribution < -0.4 is 5.32 Å². The Hall–Kier alpha value is -1.47. The number of aliphatic hydroxyl groups is 1. The zero-order valence-electron chi connectivity index (χ0n) is 12.5. The standard InChI is InChI=1S/C14H24N4O3/c1-11(18-8-2-3-9-18)4-5-13(20)15-7-6-12-16-14(10-19)21-17-12/h11,19H,2-10H2,1H3,(H,15,20)/t11-/m1/s1. The minimum Gasteiger partial charge on any atom is -0.387 e. The van der Waals surface area contributed by atoms with Crippen molar-refractivity contribution in [1.82, 2.24) is 20.4 Å². The molecule has 0 aliphatic carbocycles. The number of likely N-dealkylation sites (tertiary alicyclic amines) is 1. The van der Waals surface area contributed by atoms with Crippen LogP contribution >= 0.6 is 0 Å². The van der Waals surface area contributed by atoms with Crippen LogP contribution in [0.4, 0.5) is 0 Å². The van der Waals surface area contributed by atoms with Crippen molar-refractivity contribution in [2.75, 3.05) is 19.6 Å². The van der Waals surface area contributed by atoms with Gasteiger partial charge >= 0.3 is 0 Å². The van der Waals surface area contributed by atoms with Crippen molar-refractivity contribution in [2.24, 2.45) is 0 Å². The number of nitrogens with one attached hydrogen (secondary N) is 1. The van der Waals surface area contributed by atoms with E-state index in [-0.39, 0.29) is 18.4 Å². The number of carbonyl (C=O) groups excluding carboxylic acids is 1. The largest absolute Gasteiger partial charge is 0.387 e. The van der Waals surface area contributed by atoms with Crippen molar-refractivity contribution < 1.29 is 14.4 Å². The molecule has 0 aromatic carbocycles. The van der Waals surface area contributed by atoms with Crippen molar-refractivity contribution >= 4 is 5.91 Å². The number of nitrogens with zero attached hydrogens (tertiary/aromatic N) is 3. The molecule has 1 aliphatic heterocycles. The van der Waals surface area contributed by atoms with Gasteiger partial charge in [-0.25, -0.2) is 0 Å². The van der Waals surface area contributed by atoms with Gasteiger partial charge in [0.2, 0.25) is 5.91 Å². The van der Waals surface area contributed by atoms with E-state index in [0.717, 1.165) is 19.5 Å². The SMILES string of the molecule is C[C@H](CCC(=O)NCCc1noc(CO)n1)N1CCCC1. The molecule has 7 heteroatoms. The molecule has 21 heavy (non-hydrogen) atoms.